The van der Waals surface area contributed by atoms with E-state index in [2.05, 4.69) is 56.8 Å². The lowest BCUT2D eigenvalue weighted by Gasteiger charge is -2.16. The maximum Gasteiger partial charge on any atom is 0.245 e. The second-order valence-corrected chi connectivity index (χ2v) is 8.76. The molecule has 0 spiro atoms. The summed E-state index contributed by atoms with van der Waals surface area (Å²) in [5.41, 5.74) is 4.40. The van der Waals surface area contributed by atoms with Crippen LogP contribution in [0.2, 0.25) is 0 Å². The van der Waals surface area contributed by atoms with Gasteiger partial charge in [0.05, 0.1) is 12.1 Å². The summed E-state index contributed by atoms with van der Waals surface area (Å²) in [6.07, 6.45) is 1.88. The highest BCUT2D eigenvalue weighted by Crippen LogP contribution is 2.28. The minimum absolute atomic E-state index is 0.0588. The molecule has 1 fully saturated rings. The molecule has 4 aromatic carbocycles. The smallest absolute Gasteiger partial charge is 0.245 e. The van der Waals surface area contributed by atoms with Gasteiger partial charge in [0, 0.05) is 28.7 Å². The third-order valence-electron chi connectivity index (χ3n) is 5.82. The summed E-state index contributed by atoms with van der Waals surface area (Å²) in [5, 5.41) is 8.63. The van der Waals surface area contributed by atoms with Gasteiger partial charge in [0.1, 0.15) is 0 Å². The van der Waals surface area contributed by atoms with Gasteiger partial charge in [-0.1, -0.05) is 64.5 Å². The maximum atomic E-state index is 12.7. The van der Waals surface area contributed by atoms with Gasteiger partial charge in [-0.3, -0.25) is 9.59 Å². The lowest BCUT2D eigenvalue weighted by molar-refractivity contribution is -0.126. The first kappa shape index (κ1) is 20.4. The lowest BCUT2D eigenvalue weighted by Crippen LogP contribution is -2.30. The second kappa shape index (κ2) is 8.55. The van der Waals surface area contributed by atoms with Crippen molar-refractivity contribution < 1.29 is 9.59 Å². The van der Waals surface area contributed by atoms with Crippen molar-refractivity contribution in [1.29, 1.82) is 0 Å². The number of hydrazone groups is 1. The van der Waals surface area contributed by atoms with Gasteiger partial charge >= 0.3 is 0 Å². The average molecular weight is 486 g/mol. The quantitative estimate of drug-likeness (QED) is 0.243. The number of halogens is 1. The van der Waals surface area contributed by atoms with E-state index in [1.165, 1.54) is 0 Å². The number of nitrogens with zero attached hydrogens (tertiary/aromatic N) is 2. The number of carbonyl (C=O) groups excluding carboxylic acids is 2. The molecule has 1 aliphatic heterocycles. The molecule has 1 saturated heterocycles. The highest BCUT2D eigenvalue weighted by atomic mass is 79.9. The molecular formula is C26H20BrN3O2. The van der Waals surface area contributed by atoms with Crippen LogP contribution in [0.3, 0.4) is 0 Å². The molecule has 0 bridgehead atoms. The summed E-state index contributed by atoms with van der Waals surface area (Å²) in [6.45, 7) is 0.346. The number of carbonyl (C=O) groups is 2. The first-order valence-electron chi connectivity index (χ1n) is 10.4. The predicted octanol–water partition coefficient (Wildman–Crippen LogP) is 5.26. The Morgan fingerprint density at radius 2 is 1.59 bits per heavy atom. The molecule has 1 atom stereocenters. The number of hydrogen-bond acceptors (Lipinski definition) is 3. The second-order valence-electron chi connectivity index (χ2n) is 7.85. The first-order chi connectivity index (χ1) is 15.6. The van der Waals surface area contributed by atoms with Crippen LogP contribution in [0.5, 0.6) is 0 Å². The van der Waals surface area contributed by atoms with E-state index in [4.69, 9.17) is 0 Å². The summed E-state index contributed by atoms with van der Waals surface area (Å²) >= 11 is 3.40. The predicted molar refractivity (Wildman–Crippen MR) is 132 cm³/mol. The summed E-state index contributed by atoms with van der Waals surface area (Å²) < 4.78 is 0.942. The molecule has 1 heterocycles. The number of nitrogens with one attached hydrogen (secondary N) is 1. The molecule has 2 amide bonds. The van der Waals surface area contributed by atoms with E-state index in [-0.39, 0.29) is 18.2 Å². The lowest BCUT2D eigenvalue weighted by atomic mass is 9.97. The van der Waals surface area contributed by atoms with Crippen LogP contribution < -0.4 is 10.3 Å². The molecule has 1 N–H and O–H groups in total. The van der Waals surface area contributed by atoms with E-state index in [1.807, 2.05) is 48.5 Å². The molecule has 0 aliphatic carbocycles. The van der Waals surface area contributed by atoms with Gasteiger partial charge in [-0.05, 0) is 51.9 Å². The molecule has 0 saturated carbocycles. The fourth-order valence-corrected chi connectivity index (χ4v) is 4.46. The number of amides is 2. The number of rotatable bonds is 4. The molecule has 0 radical (unpaired) electrons. The van der Waals surface area contributed by atoms with Crippen LogP contribution in [0.25, 0.3) is 21.5 Å². The highest BCUT2D eigenvalue weighted by molar-refractivity contribution is 9.10. The normalized spacial score (nSPS) is 16.3. The molecule has 5 rings (SSSR count). The monoisotopic (exact) mass is 485 g/mol. The molecule has 158 valence electrons. The number of hydrogen-bond donors (Lipinski definition) is 1. The Labute approximate surface area is 193 Å². The molecule has 1 aliphatic rings. The molecule has 0 unspecified atom stereocenters. The van der Waals surface area contributed by atoms with Crippen LogP contribution in [0, 0.1) is 5.92 Å². The third-order valence-corrected chi connectivity index (χ3v) is 6.34. The Hall–Kier alpha value is -3.51. The van der Waals surface area contributed by atoms with E-state index in [0.717, 1.165) is 37.3 Å². The largest absolute Gasteiger partial charge is 0.312 e. The number of fused-ring (bicyclic) bond motifs is 2. The summed E-state index contributed by atoms with van der Waals surface area (Å²) in [6, 6.07) is 25.9. The van der Waals surface area contributed by atoms with Crippen LogP contribution in [0.1, 0.15) is 12.0 Å². The van der Waals surface area contributed by atoms with E-state index in [1.54, 1.807) is 11.1 Å². The first-order valence-corrected chi connectivity index (χ1v) is 11.2. The summed E-state index contributed by atoms with van der Waals surface area (Å²) in [5.74, 6) is -0.747. The molecule has 6 heteroatoms. The van der Waals surface area contributed by atoms with E-state index in [0.29, 0.717) is 6.54 Å². The van der Waals surface area contributed by atoms with Gasteiger partial charge in [0.25, 0.3) is 0 Å². The van der Waals surface area contributed by atoms with E-state index in [9.17, 15) is 9.59 Å². The van der Waals surface area contributed by atoms with Crippen molar-refractivity contribution in [2.45, 2.75) is 6.42 Å². The van der Waals surface area contributed by atoms with Crippen LogP contribution in [0.15, 0.2) is 88.4 Å². The van der Waals surface area contributed by atoms with Gasteiger partial charge in [0.2, 0.25) is 11.8 Å². The zero-order valence-corrected chi connectivity index (χ0v) is 18.7. The average Bonchev–Trinajstić information content (AvgIpc) is 3.20. The Balaban J connectivity index is 1.35. The van der Waals surface area contributed by atoms with Crippen molar-refractivity contribution in [3.63, 3.8) is 0 Å². The Bertz CT molecular complexity index is 1310. The summed E-state index contributed by atoms with van der Waals surface area (Å²) in [4.78, 5) is 26.8. The standard InChI is InChI=1S/C26H20BrN3O2/c27-20-9-11-21(12-10-20)30-16-19(14-25(30)31)26(32)29-28-15-24-22-7-3-1-5-17(22)13-18-6-2-4-8-23(18)24/h1-13,15,19H,14,16H2,(H,29,32)/b28-15-/t19-/m0/s1. The molecule has 4 aromatic rings. The Morgan fingerprint density at radius 1 is 0.969 bits per heavy atom. The van der Waals surface area contributed by atoms with Gasteiger partial charge in [-0.25, -0.2) is 5.43 Å². The fourth-order valence-electron chi connectivity index (χ4n) is 4.19. The molecule has 32 heavy (non-hydrogen) atoms. The van der Waals surface area contributed by atoms with Crippen LogP contribution >= 0.6 is 15.9 Å². The fraction of sp³-hybridized carbons (Fsp3) is 0.115. The van der Waals surface area contributed by atoms with E-state index < -0.39 is 5.92 Å². The van der Waals surface area contributed by atoms with Crippen molar-refractivity contribution in [3.8, 4) is 0 Å². The number of benzene rings is 4. The van der Waals surface area contributed by atoms with E-state index >= 15 is 0 Å². The van der Waals surface area contributed by atoms with Gasteiger partial charge in [-0.15, -0.1) is 0 Å². The number of anilines is 1. The van der Waals surface area contributed by atoms with Gasteiger partial charge in [0.15, 0.2) is 0 Å². The topological polar surface area (TPSA) is 61.8 Å². The minimum Gasteiger partial charge on any atom is -0.312 e. The summed E-state index contributed by atoms with van der Waals surface area (Å²) in [7, 11) is 0. The van der Waals surface area contributed by atoms with Crippen molar-refractivity contribution in [2.24, 2.45) is 11.0 Å². The third kappa shape index (κ3) is 3.89. The SMILES string of the molecule is O=C(N/N=C\c1c2ccccc2cc2ccccc12)[C@H]1CC(=O)N(c2ccc(Br)cc2)C1. The molecular weight excluding hydrogens is 466 g/mol. The molecule has 5 nitrogen and oxygen atoms in total. The highest BCUT2D eigenvalue weighted by Gasteiger charge is 2.35. The van der Waals surface area contributed by atoms with Crippen molar-refractivity contribution >= 4 is 61.2 Å². The zero-order valence-electron chi connectivity index (χ0n) is 17.2. The van der Waals surface area contributed by atoms with Crippen molar-refractivity contribution in [2.75, 3.05) is 11.4 Å². The van der Waals surface area contributed by atoms with Crippen molar-refractivity contribution in [3.05, 3.63) is 88.9 Å². The Morgan fingerprint density at radius 3 is 2.25 bits per heavy atom. The zero-order chi connectivity index (χ0) is 22.1. The minimum atomic E-state index is -0.437. The van der Waals surface area contributed by atoms with Crippen LogP contribution in [0.4, 0.5) is 5.69 Å². The Kier molecular flexibility index (Phi) is 5.45. The molecule has 0 aromatic heterocycles. The van der Waals surface area contributed by atoms with Gasteiger partial charge < -0.3 is 4.90 Å². The maximum absolute atomic E-state index is 12.7. The van der Waals surface area contributed by atoms with Crippen LogP contribution in [-0.4, -0.2) is 24.6 Å². The van der Waals surface area contributed by atoms with Crippen molar-refractivity contribution in [1.82, 2.24) is 5.43 Å². The van der Waals surface area contributed by atoms with Gasteiger partial charge in [-0.2, -0.15) is 5.10 Å². The van der Waals surface area contributed by atoms with Crippen LogP contribution in [-0.2, 0) is 9.59 Å².